The zero-order chi connectivity index (χ0) is 18.1. The molecule has 132 valence electrons. The smallest absolute Gasteiger partial charge is 0.423 e. The molecule has 0 aliphatic carbocycles. The van der Waals surface area contributed by atoms with E-state index >= 15 is 0 Å². The highest BCUT2D eigenvalue weighted by Crippen LogP contribution is 2.39. The summed E-state index contributed by atoms with van der Waals surface area (Å²) < 4.78 is 44.1. The van der Waals surface area contributed by atoms with E-state index in [1.54, 1.807) is 6.92 Å². The van der Waals surface area contributed by atoms with Crippen molar-refractivity contribution in [1.29, 1.82) is 0 Å². The van der Waals surface area contributed by atoms with Crippen LogP contribution < -0.4 is 4.90 Å². The summed E-state index contributed by atoms with van der Waals surface area (Å²) in [4.78, 5) is 22.9. The lowest BCUT2D eigenvalue weighted by atomic mass is 10.1. The van der Waals surface area contributed by atoms with E-state index in [0.717, 1.165) is 12.1 Å². The fourth-order valence-electron chi connectivity index (χ4n) is 2.65. The number of halogens is 3. The van der Waals surface area contributed by atoms with E-state index in [0.29, 0.717) is 6.07 Å². The summed E-state index contributed by atoms with van der Waals surface area (Å²) in [5, 5.41) is 20.5. The molecule has 1 fully saturated rings. The molecule has 0 bridgehead atoms. The number of ether oxygens (including phenoxy) is 1. The van der Waals surface area contributed by atoms with E-state index in [9.17, 15) is 33.2 Å². The SMILES string of the molecule is CCOC(=O)C1CC(O)CN1c1ccc([N+](=O)[O-])c(C(F)(F)F)c1. The predicted molar refractivity (Wildman–Crippen MR) is 76.5 cm³/mol. The largest absolute Gasteiger partial charge is 0.464 e. The van der Waals surface area contributed by atoms with Crippen molar-refractivity contribution < 1.29 is 32.7 Å². The van der Waals surface area contributed by atoms with Gasteiger partial charge in [0.25, 0.3) is 5.69 Å². The summed E-state index contributed by atoms with van der Waals surface area (Å²) in [7, 11) is 0. The summed E-state index contributed by atoms with van der Waals surface area (Å²) in [6.07, 6.45) is -5.82. The number of rotatable bonds is 4. The molecule has 0 saturated carbocycles. The molecule has 1 aliphatic heterocycles. The molecule has 2 rings (SSSR count). The monoisotopic (exact) mass is 348 g/mol. The van der Waals surface area contributed by atoms with E-state index in [1.165, 1.54) is 4.90 Å². The summed E-state index contributed by atoms with van der Waals surface area (Å²) >= 11 is 0. The Bertz CT molecular complexity index is 650. The van der Waals surface area contributed by atoms with Gasteiger partial charge in [-0.15, -0.1) is 0 Å². The molecule has 1 aliphatic rings. The number of aliphatic hydroxyl groups is 1. The van der Waals surface area contributed by atoms with Gasteiger partial charge in [0.2, 0.25) is 0 Å². The standard InChI is InChI=1S/C14H15F3N2O5/c1-2-24-13(21)12-6-9(20)7-18(12)8-3-4-11(19(22)23)10(5-8)14(15,16)17/h3-5,9,12,20H,2,6-7H2,1H3. The third-order valence-electron chi connectivity index (χ3n) is 3.65. The molecule has 2 atom stereocenters. The summed E-state index contributed by atoms with van der Waals surface area (Å²) in [6.45, 7) is 1.60. The topological polar surface area (TPSA) is 92.9 Å². The Labute approximate surface area is 134 Å². The number of esters is 1. The van der Waals surface area contributed by atoms with E-state index in [1.807, 2.05) is 0 Å². The second-order valence-electron chi connectivity index (χ2n) is 5.27. The maximum Gasteiger partial charge on any atom is 0.423 e. The van der Waals surface area contributed by atoms with Gasteiger partial charge in [-0.25, -0.2) is 4.79 Å². The first kappa shape index (κ1) is 18.0. The second-order valence-corrected chi connectivity index (χ2v) is 5.27. The normalized spacial score (nSPS) is 21.0. The van der Waals surface area contributed by atoms with Gasteiger partial charge in [0.05, 0.1) is 17.6 Å². The second kappa shape index (κ2) is 6.63. The number of hydrogen-bond donors (Lipinski definition) is 1. The number of nitro benzene ring substituents is 1. The Morgan fingerprint density at radius 1 is 1.50 bits per heavy atom. The van der Waals surface area contributed by atoms with Gasteiger partial charge in [-0.2, -0.15) is 13.2 Å². The zero-order valence-electron chi connectivity index (χ0n) is 12.6. The lowest BCUT2D eigenvalue weighted by molar-refractivity contribution is -0.388. The van der Waals surface area contributed by atoms with Gasteiger partial charge < -0.3 is 14.7 Å². The van der Waals surface area contributed by atoms with Crippen LogP contribution in [0.1, 0.15) is 18.9 Å². The average molecular weight is 348 g/mol. The van der Waals surface area contributed by atoms with Gasteiger partial charge in [-0.3, -0.25) is 10.1 Å². The van der Waals surface area contributed by atoms with Crippen LogP contribution in [0, 0.1) is 10.1 Å². The first-order valence-electron chi connectivity index (χ1n) is 7.12. The minimum Gasteiger partial charge on any atom is -0.464 e. The van der Waals surface area contributed by atoms with Gasteiger partial charge in [-0.05, 0) is 19.1 Å². The summed E-state index contributed by atoms with van der Waals surface area (Å²) in [5.41, 5.74) is -2.52. The van der Waals surface area contributed by atoms with Gasteiger partial charge in [0.15, 0.2) is 0 Å². The molecule has 1 N–H and O–H groups in total. The van der Waals surface area contributed by atoms with Gasteiger partial charge in [0, 0.05) is 24.7 Å². The van der Waals surface area contributed by atoms with Crippen molar-refractivity contribution in [2.75, 3.05) is 18.1 Å². The van der Waals surface area contributed by atoms with Gasteiger partial charge in [0.1, 0.15) is 11.6 Å². The number of carbonyl (C=O) groups excluding carboxylic acids is 1. The van der Waals surface area contributed by atoms with Crippen LogP contribution in [0.3, 0.4) is 0 Å². The highest BCUT2D eigenvalue weighted by Gasteiger charge is 2.41. The maximum atomic E-state index is 13.1. The fourth-order valence-corrected chi connectivity index (χ4v) is 2.65. The Balaban J connectivity index is 2.43. The van der Waals surface area contributed by atoms with Crippen molar-refractivity contribution in [1.82, 2.24) is 0 Å². The highest BCUT2D eigenvalue weighted by molar-refractivity contribution is 5.81. The molecule has 24 heavy (non-hydrogen) atoms. The molecule has 0 radical (unpaired) electrons. The Morgan fingerprint density at radius 3 is 2.71 bits per heavy atom. The van der Waals surface area contributed by atoms with E-state index in [4.69, 9.17) is 4.74 Å². The molecular weight excluding hydrogens is 333 g/mol. The fraction of sp³-hybridized carbons (Fsp3) is 0.500. The molecule has 7 nitrogen and oxygen atoms in total. The first-order chi connectivity index (χ1) is 11.1. The first-order valence-corrected chi connectivity index (χ1v) is 7.12. The van der Waals surface area contributed by atoms with Crippen molar-refractivity contribution in [3.63, 3.8) is 0 Å². The van der Waals surface area contributed by atoms with Crippen LogP contribution in [0.5, 0.6) is 0 Å². The van der Waals surface area contributed by atoms with E-state index in [2.05, 4.69) is 0 Å². The van der Waals surface area contributed by atoms with Crippen LogP contribution in [-0.4, -0.2) is 41.3 Å². The van der Waals surface area contributed by atoms with Crippen LogP contribution in [0.25, 0.3) is 0 Å². The quantitative estimate of drug-likeness (QED) is 0.509. The van der Waals surface area contributed by atoms with Gasteiger partial charge in [-0.1, -0.05) is 0 Å². The lowest BCUT2D eigenvalue weighted by Crippen LogP contribution is -2.37. The van der Waals surface area contributed by atoms with Crippen LogP contribution in [0.15, 0.2) is 18.2 Å². The molecule has 1 aromatic carbocycles. The highest BCUT2D eigenvalue weighted by atomic mass is 19.4. The zero-order valence-corrected chi connectivity index (χ0v) is 12.6. The molecule has 10 heteroatoms. The number of nitrogens with zero attached hydrogens (tertiary/aromatic N) is 2. The van der Waals surface area contributed by atoms with Crippen LogP contribution >= 0.6 is 0 Å². The van der Waals surface area contributed by atoms with Crippen molar-refractivity contribution in [3.8, 4) is 0 Å². The van der Waals surface area contributed by atoms with Crippen molar-refractivity contribution >= 4 is 17.3 Å². The maximum absolute atomic E-state index is 13.1. The summed E-state index contributed by atoms with van der Waals surface area (Å²) in [6, 6.07) is 1.54. The number of hydrogen-bond acceptors (Lipinski definition) is 6. The average Bonchev–Trinajstić information content (AvgIpc) is 2.88. The number of nitro groups is 1. The summed E-state index contributed by atoms with van der Waals surface area (Å²) in [5.74, 6) is -0.666. The predicted octanol–water partition coefficient (Wildman–Crippen LogP) is 2.12. The molecule has 0 aromatic heterocycles. The number of aliphatic hydroxyl groups excluding tert-OH is 1. The van der Waals surface area contributed by atoms with Crippen molar-refractivity contribution in [2.24, 2.45) is 0 Å². The van der Waals surface area contributed by atoms with Crippen LogP contribution in [-0.2, 0) is 15.7 Å². The number of carbonyl (C=O) groups is 1. The number of benzene rings is 1. The number of anilines is 1. The third kappa shape index (κ3) is 3.58. The van der Waals surface area contributed by atoms with Crippen LogP contribution in [0.2, 0.25) is 0 Å². The van der Waals surface area contributed by atoms with E-state index in [-0.39, 0.29) is 25.3 Å². The molecule has 0 spiro atoms. The van der Waals surface area contributed by atoms with E-state index < -0.39 is 40.5 Å². The Morgan fingerprint density at radius 2 is 2.17 bits per heavy atom. The third-order valence-corrected chi connectivity index (χ3v) is 3.65. The number of alkyl halides is 3. The molecular formula is C14H15F3N2O5. The Hall–Kier alpha value is -2.36. The lowest BCUT2D eigenvalue weighted by Gasteiger charge is -2.25. The van der Waals surface area contributed by atoms with Crippen molar-refractivity contribution in [2.45, 2.75) is 31.7 Å². The van der Waals surface area contributed by atoms with Crippen LogP contribution in [0.4, 0.5) is 24.5 Å². The molecule has 0 amide bonds. The molecule has 2 unspecified atom stereocenters. The molecule has 1 aromatic rings. The van der Waals surface area contributed by atoms with Crippen molar-refractivity contribution in [3.05, 3.63) is 33.9 Å². The minimum atomic E-state index is -4.92. The number of β-amino-alcohol motifs (C(OH)–C–C–N with tert-alkyl or cyclic N) is 1. The van der Waals surface area contributed by atoms with Gasteiger partial charge >= 0.3 is 12.1 Å². The molecule has 1 heterocycles. The molecule has 1 saturated heterocycles. The Kier molecular flexibility index (Phi) is 4.97. The minimum absolute atomic E-state index is 0.0111.